The second kappa shape index (κ2) is 5.53. The van der Waals surface area contributed by atoms with Crippen LogP contribution in [0.1, 0.15) is 16.5 Å². The van der Waals surface area contributed by atoms with Crippen molar-refractivity contribution in [2.24, 2.45) is 0 Å². The SMILES string of the molecule is CNC(c1cccs1)c1cc2c(cc1Br)OCCO2. The first kappa shape index (κ1) is 13.0. The Bertz CT molecular complexity index is 571. The van der Waals surface area contributed by atoms with Crippen molar-refractivity contribution >= 4 is 27.3 Å². The van der Waals surface area contributed by atoms with Gasteiger partial charge in [-0.3, -0.25) is 0 Å². The van der Waals surface area contributed by atoms with Crippen molar-refractivity contribution in [3.63, 3.8) is 0 Å². The first-order valence-electron chi connectivity index (χ1n) is 6.09. The molecule has 3 nitrogen and oxygen atoms in total. The van der Waals surface area contributed by atoms with Crippen LogP contribution in [0.3, 0.4) is 0 Å². The van der Waals surface area contributed by atoms with Crippen molar-refractivity contribution in [2.75, 3.05) is 20.3 Å². The minimum Gasteiger partial charge on any atom is -0.486 e. The maximum Gasteiger partial charge on any atom is 0.162 e. The van der Waals surface area contributed by atoms with Crippen molar-refractivity contribution < 1.29 is 9.47 Å². The van der Waals surface area contributed by atoms with E-state index in [-0.39, 0.29) is 6.04 Å². The molecule has 2 heterocycles. The van der Waals surface area contributed by atoms with Gasteiger partial charge in [0.05, 0.1) is 6.04 Å². The maximum atomic E-state index is 5.66. The Morgan fingerprint density at radius 2 is 2.00 bits per heavy atom. The van der Waals surface area contributed by atoms with Gasteiger partial charge < -0.3 is 14.8 Å². The van der Waals surface area contributed by atoms with Gasteiger partial charge in [-0.1, -0.05) is 22.0 Å². The zero-order valence-electron chi connectivity index (χ0n) is 10.5. The van der Waals surface area contributed by atoms with Crippen molar-refractivity contribution in [3.05, 3.63) is 44.6 Å². The number of hydrogen-bond donors (Lipinski definition) is 1. The van der Waals surface area contributed by atoms with Crippen molar-refractivity contribution in [1.29, 1.82) is 0 Å². The molecule has 1 aromatic heterocycles. The zero-order chi connectivity index (χ0) is 13.2. The third kappa shape index (κ3) is 2.50. The predicted octanol–water partition coefficient (Wildman–Crippen LogP) is 3.59. The number of ether oxygens (including phenoxy) is 2. The number of hydrogen-bond acceptors (Lipinski definition) is 4. The lowest BCUT2D eigenvalue weighted by atomic mass is 10.0. The van der Waals surface area contributed by atoms with E-state index < -0.39 is 0 Å². The highest BCUT2D eigenvalue weighted by Crippen LogP contribution is 2.40. The van der Waals surface area contributed by atoms with Crippen LogP contribution in [0, 0.1) is 0 Å². The second-order valence-electron chi connectivity index (χ2n) is 4.25. The van der Waals surface area contributed by atoms with E-state index in [4.69, 9.17) is 9.47 Å². The van der Waals surface area contributed by atoms with Gasteiger partial charge in [0.15, 0.2) is 11.5 Å². The molecule has 1 unspecified atom stereocenters. The number of thiophene rings is 1. The highest BCUT2D eigenvalue weighted by atomic mass is 79.9. The van der Waals surface area contributed by atoms with Crippen molar-refractivity contribution in [1.82, 2.24) is 5.32 Å². The van der Waals surface area contributed by atoms with Crippen LogP contribution in [-0.2, 0) is 0 Å². The fourth-order valence-electron chi connectivity index (χ4n) is 2.21. The second-order valence-corrected chi connectivity index (χ2v) is 6.09. The summed E-state index contributed by atoms with van der Waals surface area (Å²) in [5.41, 5.74) is 1.16. The van der Waals surface area contributed by atoms with Crippen LogP contribution in [-0.4, -0.2) is 20.3 Å². The molecular weight excluding hydrogens is 326 g/mol. The van der Waals surface area contributed by atoms with Crippen LogP contribution in [0.15, 0.2) is 34.1 Å². The standard InChI is InChI=1S/C14H14BrNO2S/c1-16-14(13-3-2-6-19-13)9-7-11-12(8-10(9)15)18-5-4-17-11/h2-3,6-8,14,16H,4-5H2,1H3. The van der Waals surface area contributed by atoms with E-state index in [2.05, 4.69) is 44.8 Å². The van der Waals surface area contributed by atoms with Gasteiger partial charge in [-0.05, 0) is 36.2 Å². The first-order valence-corrected chi connectivity index (χ1v) is 7.76. The molecule has 0 fully saturated rings. The highest BCUT2D eigenvalue weighted by molar-refractivity contribution is 9.10. The van der Waals surface area contributed by atoms with Crippen LogP contribution in [0.4, 0.5) is 0 Å². The van der Waals surface area contributed by atoms with Crippen molar-refractivity contribution in [2.45, 2.75) is 6.04 Å². The monoisotopic (exact) mass is 339 g/mol. The molecule has 0 spiro atoms. The lowest BCUT2D eigenvalue weighted by Crippen LogP contribution is -2.19. The average Bonchev–Trinajstić information content (AvgIpc) is 2.94. The summed E-state index contributed by atoms with van der Waals surface area (Å²) in [6.07, 6.45) is 0. The summed E-state index contributed by atoms with van der Waals surface area (Å²) in [5, 5.41) is 5.44. The van der Waals surface area contributed by atoms with Crippen LogP contribution in [0.5, 0.6) is 11.5 Å². The Morgan fingerprint density at radius 1 is 1.26 bits per heavy atom. The summed E-state index contributed by atoms with van der Waals surface area (Å²) in [6.45, 7) is 1.22. The summed E-state index contributed by atoms with van der Waals surface area (Å²) in [6, 6.07) is 8.40. The van der Waals surface area contributed by atoms with Crippen LogP contribution >= 0.6 is 27.3 Å². The molecule has 1 aliphatic heterocycles. The minimum absolute atomic E-state index is 0.158. The van der Waals surface area contributed by atoms with E-state index in [1.807, 2.05) is 13.1 Å². The van der Waals surface area contributed by atoms with Gasteiger partial charge in [-0.15, -0.1) is 11.3 Å². The molecule has 100 valence electrons. The number of fused-ring (bicyclic) bond motifs is 1. The number of rotatable bonds is 3. The fourth-order valence-corrected chi connectivity index (χ4v) is 3.61. The molecule has 2 aromatic rings. The molecule has 5 heteroatoms. The molecule has 0 saturated heterocycles. The molecule has 0 amide bonds. The smallest absolute Gasteiger partial charge is 0.162 e. The molecule has 1 aromatic carbocycles. The molecule has 19 heavy (non-hydrogen) atoms. The summed E-state index contributed by atoms with van der Waals surface area (Å²) >= 11 is 5.37. The van der Waals surface area contributed by atoms with Crippen molar-refractivity contribution in [3.8, 4) is 11.5 Å². The summed E-state index contributed by atoms with van der Waals surface area (Å²) in [5.74, 6) is 1.63. The Balaban J connectivity index is 2.04. The Morgan fingerprint density at radius 3 is 2.63 bits per heavy atom. The highest BCUT2D eigenvalue weighted by Gasteiger charge is 2.21. The Hall–Kier alpha value is -1.04. The fraction of sp³-hybridized carbons (Fsp3) is 0.286. The lowest BCUT2D eigenvalue weighted by molar-refractivity contribution is 0.171. The van der Waals surface area contributed by atoms with Gasteiger partial charge in [0.25, 0.3) is 0 Å². The molecule has 0 radical (unpaired) electrons. The normalized spacial score (nSPS) is 15.3. The van der Waals surface area contributed by atoms with Gasteiger partial charge in [0.1, 0.15) is 13.2 Å². The van der Waals surface area contributed by atoms with Gasteiger partial charge >= 0.3 is 0 Å². The average molecular weight is 340 g/mol. The van der Waals surface area contributed by atoms with Gasteiger partial charge in [-0.2, -0.15) is 0 Å². The molecule has 0 bridgehead atoms. The van der Waals surface area contributed by atoms with E-state index in [1.165, 1.54) is 4.88 Å². The third-order valence-corrected chi connectivity index (χ3v) is 4.71. The number of nitrogens with one attached hydrogen (secondary N) is 1. The summed E-state index contributed by atoms with van der Waals surface area (Å²) in [4.78, 5) is 1.28. The quantitative estimate of drug-likeness (QED) is 0.926. The third-order valence-electron chi connectivity index (χ3n) is 3.09. The predicted molar refractivity (Wildman–Crippen MR) is 80.4 cm³/mol. The maximum absolute atomic E-state index is 5.66. The number of benzene rings is 1. The van der Waals surface area contributed by atoms with Crippen LogP contribution in [0.25, 0.3) is 0 Å². The largest absolute Gasteiger partial charge is 0.486 e. The summed E-state index contributed by atoms with van der Waals surface area (Å²) in [7, 11) is 1.97. The Labute approximate surface area is 124 Å². The lowest BCUT2D eigenvalue weighted by Gasteiger charge is -2.23. The van der Waals surface area contributed by atoms with Crippen LogP contribution < -0.4 is 14.8 Å². The van der Waals surface area contributed by atoms with E-state index in [0.717, 1.165) is 21.5 Å². The topological polar surface area (TPSA) is 30.5 Å². The van der Waals surface area contributed by atoms with E-state index in [0.29, 0.717) is 13.2 Å². The van der Waals surface area contributed by atoms with Gasteiger partial charge in [-0.25, -0.2) is 0 Å². The van der Waals surface area contributed by atoms with Crippen LogP contribution in [0.2, 0.25) is 0 Å². The van der Waals surface area contributed by atoms with Gasteiger partial charge in [0.2, 0.25) is 0 Å². The Kier molecular flexibility index (Phi) is 3.77. The zero-order valence-corrected chi connectivity index (χ0v) is 12.9. The van der Waals surface area contributed by atoms with E-state index >= 15 is 0 Å². The summed E-state index contributed by atoms with van der Waals surface area (Å²) < 4.78 is 12.3. The first-order chi connectivity index (χ1) is 9.29. The number of halogens is 1. The van der Waals surface area contributed by atoms with Gasteiger partial charge in [0, 0.05) is 9.35 Å². The molecule has 0 saturated carbocycles. The molecule has 1 aliphatic rings. The molecule has 0 aliphatic carbocycles. The minimum atomic E-state index is 0.158. The molecular formula is C14H14BrNO2S. The molecule has 1 atom stereocenters. The molecule has 1 N–H and O–H groups in total. The van der Waals surface area contributed by atoms with E-state index in [1.54, 1.807) is 11.3 Å². The van der Waals surface area contributed by atoms with E-state index in [9.17, 15) is 0 Å². The molecule has 3 rings (SSSR count).